The number of anilines is 1. The summed E-state index contributed by atoms with van der Waals surface area (Å²) < 4.78 is 22.3. The number of aliphatic hydroxyl groups excluding tert-OH is 4. The summed E-state index contributed by atoms with van der Waals surface area (Å²) >= 11 is 0. The number of carbonyl (C=O) groups excluding carboxylic acids is 3. The molecule has 3 saturated heterocycles. The molecule has 13 heteroatoms. The van der Waals surface area contributed by atoms with Crippen LogP contribution in [0, 0.1) is 22.7 Å². The van der Waals surface area contributed by atoms with Crippen molar-refractivity contribution in [3.8, 4) is 11.5 Å². The van der Waals surface area contributed by atoms with E-state index >= 15 is 0 Å². The fraction of sp³-hybridized carbons (Fsp3) is 0.645. The van der Waals surface area contributed by atoms with Crippen LogP contribution in [0.1, 0.15) is 56.3 Å². The first-order chi connectivity index (χ1) is 20.8. The number of phenols is 1. The molecular formula is C31H39NO12. The van der Waals surface area contributed by atoms with Gasteiger partial charge in [0.1, 0.15) is 41.4 Å². The molecule has 3 aliphatic carbocycles. The Morgan fingerprint density at radius 2 is 1.89 bits per heavy atom. The highest BCUT2D eigenvalue weighted by Gasteiger charge is 2.71. The van der Waals surface area contributed by atoms with Crippen molar-refractivity contribution in [2.45, 2.75) is 88.4 Å². The molecule has 4 bridgehead atoms. The highest BCUT2D eigenvalue weighted by atomic mass is 16.7. The van der Waals surface area contributed by atoms with Crippen LogP contribution in [0.5, 0.6) is 11.5 Å². The van der Waals surface area contributed by atoms with Gasteiger partial charge in [0, 0.05) is 17.8 Å². The number of aromatic hydroxyl groups is 1. The Balaban J connectivity index is 1.23. The van der Waals surface area contributed by atoms with Crippen LogP contribution in [0.3, 0.4) is 0 Å². The number of hydrogen-bond donors (Lipinski definition) is 6. The molecule has 5 fully saturated rings. The number of rotatable bonds is 8. The van der Waals surface area contributed by atoms with Crippen LogP contribution >= 0.6 is 0 Å². The van der Waals surface area contributed by atoms with E-state index < -0.39 is 60.4 Å². The number of methoxy groups -OCH3 is 1. The van der Waals surface area contributed by atoms with Gasteiger partial charge in [-0.2, -0.15) is 0 Å². The van der Waals surface area contributed by atoms with Crippen molar-refractivity contribution in [1.29, 1.82) is 0 Å². The number of aliphatic hydroxyl groups is 4. The Morgan fingerprint density at radius 1 is 1.14 bits per heavy atom. The first-order valence-corrected chi connectivity index (χ1v) is 14.9. The number of hydrogen-bond acceptors (Lipinski definition) is 12. The second kappa shape index (κ2) is 10.8. The van der Waals surface area contributed by atoms with Gasteiger partial charge < -0.3 is 49.8 Å². The molecule has 2 saturated carbocycles. The minimum Gasteiger partial charge on any atom is -0.505 e. The second-order valence-corrected chi connectivity index (χ2v) is 13.3. The van der Waals surface area contributed by atoms with Gasteiger partial charge in [0.25, 0.3) is 0 Å². The summed E-state index contributed by atoms with van der Waals surface area (Å²) in [6.07, 6.45) is -1.60. The molecule has 1 aromatic carbocycles. The van der Waals surface area contributed by atoms with Crippen LogP contribution in [0.25, 0.3) is 0 Å². The Morgan fingerprint density at radius 3 is 2.57 bits per heavy atom. The van der Waals surface area contributed by atoms with E-state index in [0.29, 0.717) is 5.92 Å². The summed E-state index contributed by atoms with van der Waals surface area (Å²) in [5.41, 5.74) is -1.82. The van der Waals surface area contributed by atoms with Crippen molar-refractivity contribution in [3.05, 3.63) is 29.8 Å². The maximum atomic E-state index is 13.4. The molecule has 6 N–H and O–H groups in total. The average Bonchev–Trinajstić information content (AvgIpc) is 3.36. The minimum absolute atomic E-state index is 0.0642. The second-order valence-electron chi connectivity index (χ2n) is 13.3. The fourth-order valence-electron chi connectivity index (χ4n) is 8.57. The maximum absolute atomic E-state index is 13.4. The molecule has 0 aromatic heterocycles. The predicted molar refractivity (Wildman–Crippen MR) is 151 cm³/mol. The topological polar surface area (TPSA) is 201 Å². The van der Waals surface area contributed by atoms with Gasteiger partial charge in [0.05, 0.1) is 25.4 Å². The van der Waals surface area contributed by atoms with Crippen LogP contribution < -0.4 is 10.1 Å². The van der Waals surface area contributed by atoms with E-state index in [1.165, 1.54) is 12.1 Å². The smallest absolute Gasteiger partial charge is 0.341 e. The van der Waals surface area contributed by atoms with Gasteiger partial charge in [-0.25, -0.2) is 4.79 Å². The molecule has 11 atom stereocenters. The first-order valence-electron chi connectivity index (χ1n) is 14.9. The summed E-state index contributed by atoms with van der Waals surface area (Å²) in [6, 6.07) is 2.40. The first kappa shape index (κ1) is 30.9. The lowest BCUT2D eigenvalue weighted by Crippen LogP contribution is -2.60. The quantitative estimate of drug-likeness (QED) is 0.177. The molecule has 6 aliphatic rings. The van der Waals surface area contributed by atoms with Gasteiger partial charge in [0.2, 0.25) is 12.2 Å². The molecule has 3 aliphatic heterocycles. The number of nitrogens with one attached hydrogen (secondary N) is 1. The maximum Gasteiger partial charge on any atom is 0.341 e. The zero-order chi connectivity index (χ0) is 31.8. The Kier molecular flexibility index (Phi) is 7.58. The van der Waals surface area contributed by atoms with E-state index in [1.807, 2.05) is 6.92 Å². The molecular weight excluding hydrogens is 578 g/mol. The summed E-state index contributed by atoms with van der Waals surface area (Å²) in [7, 11) is 1.12. The monoisotopic (exact) mass is 617 g/mol. The molecule has 1 spiro atoms. The number of allylic oxidation sites excluding steroid dienone is 2. The van der Waals surface area contributed by atoms with E-state index in [0.717, 1.165) is 26.4 Å². The van der Waals surface area contributed by atoms with Gasteiger partial charge in [0.15, 0.2) is 11.5 Å². The normalized spacial score (nSPS) is 41.8. The molecule has 240 valence electrons. The Bertz CT molecular complexity index is 1400. The van der Waals surface area contributed by atoms with Crippen molar-refractivity contribution in [2.75, 3.05) is 19.0 Å². The van der Waals surface area contributed by atoms with Crippen molar-refractivity contribution >= 4 is 23.3 Å². The minimum atomic E-state index is -1.77. The summed E-state index contributed by atoms with van der Waals surface area (Å²) in [6.45, 7) is 3.34. The van der Waals surface area contributed by atoms with E-state index in [9.17, 15) is 39.9 Å². The molecule has 1 aromatic rings. The van der Waals surface area contributed by atoms with Crippen LogP contribution in [0.4, 0.5) is 5.69 Å². The SMILES string of the molecule is COC(=O)c1ccc(O[C@@H]2O[C@H](CO)[C@@H](O)[C@H](O)[C@H]2O)c(NC(=O)CC[C@]2(C)C(=O)C=C[C@]34C[C@H]5C[C@H](O[C@@]5(C)C3)[C@H]42)c1O. The summed E-state index contributed by atoms with van der Waals surface area (Å²) in [4.78, 5) is 39.1. The molecule has 3 heterocycles. The summed E-state index contributed by atoms with van der Waals surface area (Å²) in [5, 5.41) is 53.8. The van der Waals surface area contributed by atoms with Gasteiger partial charge >= 0.3 is 5.97 Å². The third kappa shape index (κ3) is 4.63. The van der Waals surface area contributed by atoms with E-state index in [4.69, 9.17) is 18.9 Å². The van der Waals surface area contributed by atoms with E-state index in [-0.39, 0.29) is 58.7 Å². The number of ketones is 1. The number of ether oxygens (including phenoxy) is 4. The fourth-order valence-corrected chi connectivity index (χ4v) is 8.57. The standard InChI is InChI=1S/C31H39NO12/c1-29(19(34)6-9-31-11-14-10-17(26(29)31)44-30(14,2)13-31)8-7-20(35)32-21-16(5-4-15(22(21)36)27(40)41-3)42-28-25(39)24(38)23(37)18(12-33)43-28/h4-6,9,14,17-18,23-26,28,33,36-39H,7-8,10-13H2,1-3H3,(H,32,35)/t14-,17+,18-,23-,24+,25-,26+,28-,29-,30+,31+/m1/s1. The number of carbonyl (C=O) groups is 3. The van der Waals surface area contributed by atoms with Crippen molar-refractivity contribution in [2.24, 2.45) is 22.7 Å². The molecule has 1 amide bonds. The third-order valence-electron chi connectivity index (χ3n) is 10.7. The lowest BCUT2D eigenvalue weighted by molar-refractivity contribution is -0.277. The van der Waals surface area contributed by atoms with Crippen LogP contribution in [-0.2, 0) is 23.8 Å². The Hall–Kier alpha value is -3.07. The van der Waals surface area contributed by atoms with E-state index in [1.54, 1.807) is 6.08 Å². The Labute approximate surface area is 253 Å². The zero-order valence-electron chi connectivity index (χ0n) is 24.8. The highest BCUT2D eigenvalue weighted by molar-refractivity contribution is 6.01. The largest absolute Gasteiger partial charge is 0.505 e. The number of benzene rings is 1. The van der Waals surface area contributed by atoms with Crippen LogP contribution in [0.15, 0.2) is 24.3 Å². The molecule has 44 heavy (non-hydrogen) atoms. The zero-order valence-corrected chi connectivity index (χ0v) is 24.8. The van der Waals surface area contributed by atoms with Crippen molar-refractivity contribution in [1.82, 2.24) is 0 Å². The van der Waals surface area contributed by atoms with Gasteiger partial charge in [-0.05, 0) is 62.1 Å². The van der Waals surface area contributed by atoms with Crippen molar-refractivity contribution < 1.29 is 58.9 Å². The molecule has 0 unspecified atom stereocenters. The number of amides is 1. The number of esters is 1. The average molecular weight is 618 g/mol. The van der Waals surface area contributed by atoms with Gasteiger partial charge in [-0.15, -0.1) is 0 Å². The van der Waals surface area contributed by atoms with Crippen LogP contribution in [0.2, 0.25) is 0 Å². The predicted octanol–water partition coefficient (Wildman–Crippen LogP) is 0.795. The molecule has 0 radical (unpaired) electrons. The van der Waals surface area contributed by atoms with E-state index in [2.05, 4.69) is 18.3 Å². The molecule has 13 nitrogen and oxygen atoms in total. The lowest BCUT2D eigenvalue weighted by Gasteiger charge is -2.55. The van der Waals surface area contributed by atoms with Crippen LogP contribution in [-0.4, -0.2) is 99.3 Å². The number of phenolic OH excluding ortho intramolecular Hbond substituents is 1. The van der Waals surface area contributed by atoms with Gasteiger partial charge in [-0.3, -0.25) is 9.59 Å². The lowest BCUT2D eigenvalue weighted by atomic mass is 9.51. The third-order valence-corrected chi connectivity index (χ3v) is 10.7. The highest BCUT2D eigenvalue weighted by Crippen LogP contribution is 2.71. The van der Waals surface area contributed by atoms with Gasteiger partial charge in [-0.1, -0.05) is 13.0 Å². The molecule has 7 rings (SSSR count). The summed E-state index contributed by atoms with van der Waals surface area (Å²) in [5.74, 6) is -2.09. The van der Waals surface area contributed by atoms with Crippen molar-refractivity contribution in [3.63, 3.8) is 0 Å².